The molecule has 0 N–H and O–H groups in total. The van der Waals surface area contributed by atoms with E-state index in [1.165, 1.54) is 18.9 Å². The first-order valence-electron chi connectivity index (χ1n) is 5.28. The van der Waals surface area contributed by atoms with Crippen LogP contribution in [0, 0.1) is 0 Å². The summed E-state index contributed by atoms with van der Waals surface area (Å²) in [7, 11) is -1.14. The predicted molar refractivity (Wildman–Crippen MR) is 71.4 cm³/mol. The number of rotatable bonds is 5. The zero-order valence-electron chi connectivity index (χ0n) is 9.09. The van der Waals surface area contributed by atoms with Crippen LogP contribution in [0.2, 0.25) is 19.1 Å². The van der Waals surface area contributed by atoms with E-state index in [1.807, 2.05) is 0 Å². The van der Waals surface area contributed by atoms with Gasteiger partial charge < -0.3 is 0 Å². The lowest BCUT2D eigenvalue weighted by Crippen LogP contribution is -2.40. The molecule has 0 unspecified atom stereocenters. The summed E-state index contributed by atoms with van der Waals surface area (Å²) in [6.07, 6.45) is 2.67. The van der Waals surface area contributed by atoms with Crippen LogP contribution in [-0.4, -0.2) is 13.4 Å². The van der Waals surface area contributed by atoms with E-state index in [0.717, 1.165) is 5.33 Å². The molecule has 1 rings (SSSR count). The second-order valence-electron chi connectivity index (χ2n) is 4.40. The first kappa shape index (κ1) is 12.0. The Labute approximate surface area is 96.9 Å². The smallest absolute Gasteiger partial charge is 0.0806 e. The molecular weight excluding hydrogens is 252 g/mol. The quantitative estimate of drug-likeness (QED) is 0.434. The van der Waals surface area contributed by atoms with Gasteiger partial charge in [0.05, 0.1) is 8.07 Å². The number of hydrogen-bond acceptors (Lipinski definition) is 0. The minimum absolute atomic E-state index is 1.14. The molecule has 0 aliphatic rings. The van der Waals surface area contributed by atoms with Crippen molar-refractivity contribution in [1.29, 1.82) is 0 Å². The first-order chi connectivity index (χ1) is 6.67. The molecule has 78 valence electrons. The monoisotopic (exact) mass is 270 g/mol. The average molecular weight is 271 g/mol. The van der Waals surface area contributed by atoms with Crippen molar-refractivity contribution >= 4 is 29.2 Å². The predicted octanol–water partition coefficient (Wildman–Crippen LogP) is 3.78. The molecule has 1 aromatic carbocycles. The molecule has 0 fully saturated rings. The normalized spacial score (nSPS) is 11.6. The highest BCUT2D eigenvalue weighted by molar-refractivity contribution is 9.09. The number of alkyl halides is 1. The third-order valence-electron chi connectivity index (χ3n) is 2.74. The van der Waals surface area contributed by atoms with Crippen LogP contribution in [0.4, 0.5) is 0 Å². The Morgan fingerprint density at radius 1 is 1.07 bits per heavy atom. The third kappa shape index (κ3) is 3.58. The maximum Gasteiger partial charge on any atom is 0.0806 e. The Morgan fingerprint density at radius 3 is 2.29 bits per heavy atom. The van der Waals surface area contributed by atoms with Crippen molar-refractivity contribution in [3.05, 3.63) is 30.3 Å². The van der Waals surface area contributed by atoms with Crippen molar-refractivity contribution in [1.82, 2.24) is 0 Å². The lowest BCUT2D eigenvalue weighted by Gasteiger charge is -2.22. The standard InChI is InChI=1S/C12H19BrSi/c1-14(2,11-7-6-10-13)12-8-4-3-5-9-12/h3-5,8-9H,6-7,10-11H2,1-2H3. The zero-order chi connectivity index (χ0) is 10.4. The summed E-state index contributed by atoms with van der Waals surface area (Å²) in [6, 6.07) is 12.4. The van der Waals surface area contributed by atoms with Crippen molar-refractivity contribution < 1.29 is 0 Å². The van der Waals surface area contributed by atoms with Gasteiger partial charge in [-0.3, -0.25) is 0 Å². The molecule has 0 saturated carbocycles. The Morgan fingerprint density at radius 2 is 1.71 bits per heavy atom. The molecular formula is C12H19BrSi. The summed E-state index contributed by atoms with van der Waals surface area (Å²) in [5.74, 6) is 0. The van der Waals surface area contributed by atoms with Gasteiger partial charge in [-0.25, -0.2) is 0 Å². The second kappa shape index (κ2) is 5.71. The van der Waals surface area contributed by atoms with Gasteiger partial charge in [-0.1, -0.05) is 77.0 Å². The minimum Gasteiger partial charge on any atom is -0.0928 e. The Bertz CT molecular complexity index is 256. The van der Waals surface area contributed by atoms with Gasteiger partial charge >= 0.3 is 0 Å². The van der Waals surface area contributed by atoms with Crippen LogP contribution in [0.3, 0.4) is 0 Å². The van der Waals surface area contributed by atoms with Crippen molar-refractivity contribution in [3.8, 4) is 0 Å². The van der Waals surface area contributed by atoms with Crippen molar-refractivity contribution in [2.75, 3.05) is 5.33 Å². The summed E-state index contributed by atoms with van der Waals surface area (Å²) in [5, 5.41) is 2.74. The van der Waals surface area contributed by atoms with Crippen LogP contribution in [0.1, 0.15) is 12.8 Å². The van der Waals surface area contributed by atoms with E-state index in [-0.39, 0.29) is 0 Å². The van der Waals surface area contributed by atoms with E-state index in [1.54, 1.807) is 5.19 Å². The highest BCUT2D eigenvalue weighted by Gasteiger charge is 2.21. The van der Waals surface area contributed by atoms with Crippen LogP contribution < -0.4 is 5.19 Å². The summed E-state index contributed by atoms with van der Waals surface area (Å²) in [6.45, 7) is 4.94. The third-order valence-corrected chi connectivity index (χ3v) is 6.80. The van der Waals surface area contributed by atoms with Gasteiger partial charge in [0, 0.05) is 5.33 Å². The summed E-state index contributed by atoms with van der Waals surface area (Å²) in [5.41, 5.74) is 0. The van der Waals surface area contributed by atoms with Crippen LogP contribution in [0.15, 0.2) is 30.3 Å². The SMILES string of the molecule is C[Si](C)(CCCCBr)c1ccccc1. The van der Waals surface area contributed by atoms with Crippen LogP contribution in [-0.2, 0) is 0 Å². The number of halogens is 1. The van der Waals surface area contributed by atoms with Crippen molar-refractivity contribution in [3.63, 3.8) is 0 Å². The van der Waals surface area contributed by atoms with Crippen LogP contribution >= 0.6 is 15.9 Å². The van der Waals surface area contributed by atoms with Crippen molar-refractivity contribution in [2.24, 2.45) is 0 Å². The fraction of sp³-hybridized carbons (Fsp3) is 0.500. The topological polar surface area (TPSA) is 0 Å². The lowest BCUT2D eigenvalue weighted by molar-refractivity contribution is 0.885. The van der Waals surface area contributed by atoms with Gasteiger partial charge in [0.2, 0.25) is 0 Å². The second-order valence-corrected chi connectivity index (χ2v) is 10.0. The molecule has 0 aliphatic heterocycles. The first-order valence-corrected chi connectivity index (χ1v) is 9.61. The Kier molecular flexibility index (Phi) is 4.89. The molecule has 0 spiro atoms. The molecule has 2 heteroatoms. The number of benzene rings is 1. The molecule has 14 heavy (non-hydrogen) atoms. The van der Waals surface area contributed by atoms with Gasteiger partial charge in [0.25, 0.3) is 0 Å². The minimum atomic E-state index is -1.14. The van der Waals surface area contributed by atoms with Gasteiger partial charge in [-0.15, -0.1) is 0 Å². The van der Waals surface area contributed by atoms with Crippen LogP contribution in [0.25, 0.3) is 0 Å². The Hall–Kier alpha value is -0.0831. The average Bonchev–Trinajstić information content (AvgIpc) is 2.19. The van der Waals surface area contributed by atoms with Gasteiger partial charge in [-0.2, -0.15) is 0 Å². The summed E-state index contributed by atoms with van der Waals surface area (Å²) in [4.78, 5) is 0. The maximum atomic E-state index is 3.49. The maximum absolute atomic E-state index is 3.49. The zero-order valence-corrected chi connectivity index (χ0v) is 11.7. The van der Waals surface area contributed by atoms with E-state index < -0.39 is 8.07 Å². The molecule has 0 nitrogen and oxygen atoms in total. The lowest BCUT2D eigenvalue weighted by atomic mass is 10.4. The highest BCUT2D eigenvalue weighted by Crippen LogP contribution is 2.14. The fourth-order valence-corrected chi connectivity index (χ4v) is 4.61. The van der Waals surface area contributed by atoms with E-state index in [9.17, 15) is 0 Å². The molecule has 0 amide bonds. The van der Waals surface area contributed by atoms with Gasteiger partial charge in [-0.05, 0) is 6.42 Å². The Balaban J connectivity index is 2.56. The molecule has 0 radical (unpaired) electrons. The van der Waals surface area contributed by atoms with E-state index >= 15 is 0 Å². The van der Waals surface area contributed by atoms with E-state index in [2.05, 4.69) is 59.4 Å². The van der Waals surface area contributed by atoms with Gasteiger partial charge in [0.1, 0.15) is 0 Å². The van der Waals surface area contributed by atoms with Crippen LogP contribution in [0.5, 0.6) is 0 Å². The molecule has 0 aromatic heterocycles. The molecule has 1 aromatic rings. The van der Waals surface area contributed by atoms with Gasteiger partial charge in [0.15, 0.2) is 0 Å². The van der Waals surface area contributed by atoms with E-state index in [4.69, 9.17) is 0 Å². The molecule has 0 aliphatic carbocycles. The highest BCUT2D eigenvalue weighted by atomic mass is 79.9. The molecule has 0 atom stereocenters. The number of unbranched alkanes of at least 4 members (excludes halogenated alkanes) is 1. The van der Waals surface area contributed by atoms with E-state index in [0.29, 0.717) is 0 Å². The molecule has 0 heterocycles. The summed E-state index contributed by atoms with van der Waals surface area (Å²) >= 11 is 3.49. The summed E-state index contributed by atoms with van der Waals surface area (Å²) < 4.78 is 0. The largest absolute Gasteiger partial charge is 0.0928 e. The fourth-order valence-electron chi connectivity index (χ4n) is 1.70. The number of hydrogen-bond donors (Lipinski definition) is 0. The molecule has 0 saturated heterocycles. The van der Waals surface area contributed by atoms with Crippen molar-refractivity contribution in [2.45, 2.75) is 32.0 Å². The molecule has 0 bridgehead atoms.